The summed E-state index contributed by atoms with van der Waals surface area (Å²) < 4.78 is 0. The fourth-order valence-corrected chi connectivity index (χ4v) is 4.60. The van der Waals surface area contributed by atoms with Crippen LogP contribution in [0.4, 0.5) is 5.69 Å². The van der Waals surface area contributed by atoms with Crippen molar-refractivity contribution in [2.75, 3.05) is 17.3 Å². The van der Waals surface area contributed by atoms with Crippen molar-refractivity contribution >= 4 is 41.0 Å². The highest BCUT2D eigenvalue weighted by Gasteiger charge is 2.51. The quantitative estimate of drug-likeness (QED) is 0.560. The lowest BCUT2D eigenvalue weighted by molar-refractivity contribution is -0.146. The van der Waals surface area contributed by atoms with Crippen LogP contribution < -0.4 is 5.32 Å². The average Bonchev–Trinajstić information content (AvgIpc) is 2.94. The number of likely N-dealkylation sites (tertiary alicyclic amines) is 1. The van der Waals surface area contributed by atoms with Gasteiger partial charge in [0.05, 0.1) is 11.8 Å². The van der Waals surface area contributed by atoms with Crippen molar-refractivity contribution in [1.82, 2.24) is 4.90 Å². The van der Waals surface area contributed by atoms with Gasteiger partial charge in [-0.2, -0.15) is 11.8 Å². The Hall–Kier alpha value is -2.15. The fourth-order valence-electron chi connectivity index (χ4n) is 4.14. The van der Waals surface area contributed by atoms with Gasteiger partial charge in [-0.25, -0.2) is 0 Å². The minimum Gasteiger partial charge on any atom is -0.324 e. The first kappa shape index (κ1) is 20.6. The molecular formula is C21H26N2O4S. The Bertz CT molecular complexity index is 770. The van der Waals surface area contributed by atoms with Crippen molar-refractivity contribution in [3.63, 3.8) is 0 Å². The van der Waals surface area contributed by atoms with Gasteiger partial charge in [-0.05, 0) is 50.3 Å². The lowest BCUT2D eigenvalue weighted by atomic mass is 9.81. The molecule has 6 nitrogen and oxygen atoms in total. The molecule has 1 N–H and O–H groups in total. The predicted octanol–water partition coefficient (Wildman–Crippen LogP) is 3.12. The maximum atomic E-state index is 13.0. The van der Waals surface area contributed by atoms with Crippen molar-refractivity contribution in [2.45, 2.75) is 45.1 Å². The summed E-state index contributed by atoms with van der Waals surface area (Å²) in [7, 11) is 0. The van der Waals surface area contributed by atoms with E-state index in [1.165, 1.54) is 11.8 Å². The summed E-state index contributed by atoms with van der Waals surface area (Å²) in [5.74, 6) is -0.752. The molecule has 3 rings (SSSR count). The molecule has 1 aromatic carbocycles. The van der Waals surface area contributed by atoms with Crippen LogP contribution in [0.25, 0.3) is 0 Å². The molecule has 1 aliphatic heterocycles. The molecular weight excluding hydrogens is 376 g/mol. The number of Topliss-reactive ketones (excluding diaryl/α,β-unsaturated/α-hetero) is 1. The smallest absolute Gasteiger partial charge is 0.247 e. The van der Waals surface area contributed by atoms with Crippen LogP contribution in [0.15, 0.2) is 24.3 Å². The third kappa shape index (κ3) is 4.14. The third-order valence-electron chi connectivity index (χ3n) is 5.62. The number of carbonyl (C=O) groups is 4. The number of hydrogen-bond acceptors (Lipinski definition) is 5. The van der Waals surface area contributed by atoms with Crippen molar-refractivity contribution in [3.8, 4) is 0 Å². The average molecular weight is 403 g/mol. The molecule has 1 heterocycles. The van der Waals surface area contributed by atoms with E-state index in [1.54, 1.807) is 36.0 Å². The largest absolute Gasteiger partial charge is 0.324 e. The van der Waals surface area contributed by atoms with Crippen LogP contribution in [0.5, 0.6) is 0 Å². The molecule has 1 aromatic rings. The zero-order valence-electron chi connectivity index (χ0n) is 16.3. The topological polar surface area (TPSA) is 83.6 Å². The van der Waals surface area contributed by atoms with Crippen LogP contribution in [0, 0.1) is 11.8 Å². The highest BCUT2D eigenvalue weighted by Crippen LogP contribution is 2.39. The van der Waals surface area contributed by atoms with Gasteiger partial charge in [-0.3, -0.25) is 24.1 Å². The first-order chi connectivity index (χ1) is 13.4. The summed E-state index contributed by atoms with van der Waals surface area (Å²) in [6, 6.07) is 5.87. The minimum absolute atomic E-state index is 0.0935. The Morgan fingerprint density at radius 2 is 1.82 bits per heavy atom. The second-order valence-electron chi connectivity index (χ2n) is 7.47. The molecule has 0 radical (unpaired) electrons. The molecule has 0 unspecified atom stereocenters. The predicted molar refractivity (Wildman–Crippen MR) is 109 cm³/mol. The molecule has 150 valence electrons. The van der Waals surface area contributed by atoms with Gasteiger partial charge in [0.25, 0.3) is 0 Å². The molecule has 1 aliphatic carbocycles. The van der Waals surface area contributed by atoms with Gasteiger partial charge in [0, 0.05) is 11.3 Å². The number of anilines is 1. The number of ketones is 1. The van der Waals surface area contributed by atoms with E-state index in [0.29, 0.717) is 23.4 Å². The van der Waals surface area contributed by atoms with Crippen molar-refractivity contribution < 1.29 is 19.2 Å². The maximum Gasteiger partial charge on any atom is 0.247 e. The van der Waals surface area contributed by atoms with E-state index in [4.69, 9.17) is 0 Å². The molecule has 7 heteroatoms. The SMILES string of the molecule is CSCC[C@H](C(=O)Nc1cccc(C(C)=O)c1)N1C(=O)[C@H]2CCCC[C@H]2C1=O. The zero-order valence-corrected chi connectivity index (χ0v) is 17.1. The Morgan fingerprint density at radius 3 is 2.39 bits per heavy atom. The number of benzene rings is 1. The van der Waals surface area contributed by atoms with Gasteiger partial charge < -0.3 is 5.32 Å². The Morgan fingerprint density at radius 1 is 1.18 bits per heavy atom. The molecule has 28 heavy (non-hydrogen) atoms. The van der Waals surface area contributed by atoms with Crippen molar-refractivity contribution in [2.24, 2.45) is 11.8 Å². The van der Waals surface area contributed by atoms with Crippen LogP contribution in [-0.2, 0) is 14.4 Å². The zero-order chi connectivity index (χ0) is 20.3. The fraction of sp³-hybridized carbons (Fsp3) is 0.524. The maximum absolute atomic E-state index is 13.0. The second kappa shape index (κ2) is 8.90. The van der Waals surface area contributed by atoms with Crippen LogP contribution >= 0.6 is 11.8 Å². The summed E-state index contributed by atoms with van der Waals surface area (Å²) in [5, 5.41) is 2.80. The minimum atomic E-state index is -0.820. The molecule has 2 fully saturated rings. The van der Waals surface area contributed by atoms with E-state index < -0.39 is 6.04 Å². The van der Waals surface area contributed by atoms with Gasteiger partial charge in [0.2, 0.25) is 17.7 Å². The molecule has 3 amide bonds. The van der Waals surface area contributed by atoms with Crippen LogP contribution in [-0.4, -0.2) is 46.5 Å². The summed E-state index contributed by atoms with van der Waals surface area (Å²) in [6.45, 7) is 1.46. The third-order valence-corrected chi connectivity index (χ3v) is 6.27. The van der Waals surface area contributed by atoms with Gasteiger partial charge >= 0.3 is 0 Å². The summed E-state index contributed by atoms with van der Waals surface area (Å²) in [6.07, 6.45) is 5.70. The molecule has 2 aliphatic rings. The van der Waals surface area contributed by atoms with Crippen molar-refractivity contribution in [3.05, 3.63) is 29.8 Å². The molecule has 0 bridgehead atoms. The highest BCUT2D eigenvalue weighted by molar-refractivity contribution is 7.98. The molecule has 1 saturated carbocycles. The molecule has 3 atom stereocenters. The monoisotopic (exact) mass is 402 g/mol. The van der Waals surface area contributed by atoms with E-state index in [9.17, 15) is 19.2 Å². The van der Waals surface area contributed by atoms with Crippen molar-refractivity contribution in [1.29, 1.82) is 0 Å². The Labute approximate surface area is 169 Å². The van der Waals surface area contributed by atoms with E-state index in [2.05, 4.69) is 5.32 Å². The summed E-state index contributed by atoms with van der Waals surface area (Å²) in [5.41, 5.74) is 0.987. The van der Waals surface area contributed by atoms with Crippen LogP contribution in [0.2, 0.25) is 0 Å². The van der Waals surface area contributed by atoms with Gasteiger partial charge in [0.1, 0.15) is 6.04 Å². The highest BCUT2D eigenvalue weighted by atomic mass is 32.2. The Kier molecular flexibility index (Phi) is 6.54. The van der Waals surface area contributed by atoms with Gasteiger partial charge in [-0.15, -0.1) is 0 Å². The lowest BCUT2D eigenvalue weighted by Crippen LogP contribution is -2.48. The standard InChI is InChI=1S/C21H26N2O4S/c1-13(24)14-6-5-7-15(12-14)22-19(25)18(10-11-28-2)23-20(26)16-8-3-4-9-17(16)21(23)27/h5-7,12,16-18H,3-4,8-11H2,1-2H3,(H,22,25)/t16-,17+,18-/m1/s1. The van der Waals surface area contributed by atoms with Gasteiger partial charge in [0.15, 0.2) is 5.78 Å². The summed E-state index contributed by atoms with van der Waals surface area (Å²) >= 11 is 1.57. The number of fused-ring (bicyclic) bond motifs is 1. The van der Waals surface area contributed by atoms with Gasteiger partial charge in [-0.1, -0.05) is 25.0 Å². The van der Waals surface area contributed by atoms with E-state index in [1.807, 2.05) is 6.26 Å². The number of imide groups is 1. The lowest BCUT2D eigenvalue weighted by Gasteiger charge is -2.26. The first-order valence-electron chi connectivity index (χ1n) is 9.71. The molecule has 1 saturated heterocycles. The van der Waals surface area contributed by atoms with Crippen LogP contribution in [0.3, 0.4) is 0 Å². The number of carbonyl (C=O) groups excluding carboxylic acids is 4. The molecule has 0 spiro atoms. The molecule has 0 aromatic heterocycles. The second-order valence-corrected chi connectivity index (χ2v) is 8.45. The first-order valence-corrected chi connectivity index (χ1v) is 11.1. The Balaban J connectivity index is 1.82. The van der Waals surface area contributed by atoms with E-state index in [-0.39, 0.29) is 35.3 Å². The van der Waals surface area contributed by atoms with Crippen LogP contribution in [0.1, 0.15) is 49.4 Å². The number of nitrogens with one attached hydrogen (secondary N) is 1. The number of thioether (sulfide) groups is 1. The number of hydrogen-bond donors (Lipinski definition) is 1. The van der Waals surface area contributed by atoms with E-state index >= 15 is 0 Å². The normalized spacial score (nSPS) is 22.7. The number of rotatable bonds is 7. The summed E-state index contributed by atoms with van der Waals surface area (Å²) in [4.78, 5) is 51.7. The number of amides is 3. The van der Waals surface area contributed by atoms with E-state index in [0.717, 1.165) is 25.7 Å². The number of nitrogens with zero attached hydrogens (tertiary/aromatic N) is 1.